The van der Waals surface area contributed by atoms with Crippen LogP contribution in [0.25, 0.3) is 11.0 Å². The molecule has 0 saturated heterocycles. The van der Waals surface area contributed by atoms with Gasteiger partial charge >= 0.3 is 0 Å². The highest BCUT2D eigenvalue weighted by atomic mass is 16.3. The normalized spacial score (nSPS) is 19.1. The van der Waals surface area contributed by atoms with Crippen LogP contribution in [0.1, 0.15) is 25.5 Å². The lowest BCUT2D eigenvalue weighted by Gasteiger charge is -1.99. The minimum Gasteiger partial charge on any atom is -0.453 e. The van der Waals surface area contributed by atoms with E-state index in [0.29, 0.717) is 11.6 Å². The summed E-state index contributed by atoms with van der Waals surface area (Å²) in [6.45, 7) is 2.04. The Kier molecular flexibility index (Phi) is 2.63. The lowest BCUT2D eigenvalue weighted by molar-refractivity contribution is -0.120. The van der Waals surface area contributed by atoms with Gasteiger partial charge < -0.3 is 9.73 Å². The molecule has 1 aliphatic heterocycles. The third kappa shape index (κ3) is 1.79. The Balaban J connectivity index is 1.95. The van der Waals surface area contributed by atoms with Gasteiger partial charge in [-0.05, 0) is 18.6 Å². The molecule has 1 aromatic carbocycles. The number of nitrogens with one attached hydrogen (secondary N) is 1. The second-order valence-corrected chi connectivity index (χ2v) is 4.42. The second-order valence-electron chi connectivity index (χ2n) is 4.42. The van der Waals surface area contributed by atoms with E-state index in [1.165, 1.54) is 0 Å². The van der Waals surface area contributed by atoms with Crippen molar-refractivity contribution in [2.75, 3.05) is 0 Å². The number of amidine groups is 1. The number of amides is 1. The standard InChI is InChI=1S/C14H14N2O2/c1-2-5-10-14(17)16-13(15-10)12-8-9-6-3-4-7-11(9)18-12/h3-4,6-8,10H,2,5H2,1H3,(H,15,16,17). The fourth-order valence-corrected chi connectivity index (χ4v) is 2.14. The van der Waals surface area contributed by atoms with Gasteiger partial charge in [0.05, 0.1) is 0 Å². The van der Waals surface area contributed by atoms with E-state index in [4.69, 9.17) is 4.42 Å². The summed E-state index contributed by atoms with van der Waals surface area (Å²) in [6, 6.07) is 9.39. The predicted molar refractivity (Wildman–Crippen MR) is 69.6 cm³/mol. The molecular formula is C14H14N2O2. The Morgan fingerprint density at radius 1 is 1.39 bits per heavy atom. The molecule has 2 heterocycles. The molecule has 18 heavy (non-hydrogen) atoms. The van der Waals surface area contributed by atoms with E-state index in [-0.39, 0.29) is 11.9 Å². The van der Waals surface area contributed by atoms with Crippen LogP contribution < -0.4 is 5.32 Å². The van der Waals surface area contributed by atoms with Crippen LogP contribution in [-0.2, 0) is 4.79 Å². The number of nitrogens with zero attached hydrogens (tertiary/aromatic N) is 1. The van der Waals surface area contributed by atoms with Gasteiger partial charge in [-0.1, -0.05) is 31.5 Å². The average molecular weight is 242 g/mol. The number of para-hydroxylation sites is 1. The maximum absolute atomic E-state index is 11.7. The lowest BCUT2D eigenvalue weighted by atomic mass is 10.2. The molecule has 1 atom stereocenters. The second kappa shape index (κ2) is 4.29. The lowest BCUT2D eigenvalue weighted by Crippen LogP contribution is -2.28. The summed E-state index contributed by atoms with van der Waals surface area (Å²) in [5, 5.41) is 3.80. The smallest absolute Gasteiger partial charge is 0.250 e. The largest absolute Gasteiger partial charge is 0.453 e. The maximum atomic E-state index is 11.7. The third-order valence-electron chi connectivity index (χ3n) is 3.05. The Morgan fingerprint density at radius 2 is 2.22 bits per heavy atom. The topological polar surface area (TPSA) is 54.6 Å². The third-order valence-corrected chi connectivity index (χ3v) is 3.05. The van der Waals surface area contributed by atoms with Crippen molar-refractivity contribution in [1.29, 1.82) is 0 Å². The zero-order chi connectivity index (χ0) is 12.5. The number of furan rings is 1. The molecule has 3 rings (SSSR count). The van der Waals surface area contributed by atoms with Gasteiger partial charge in [-0.2, -0.15) is 0 Å². The first-order valence-electron chi connectivity index (χ1n) is 6.15. The summed E-state index contributed by atoms with van der Waals surface area (Å²) >= 11 is 0. The molecule has 1 aromatic heterocycles. The van der Waals surface area contributed by atoms with Crippen LogP contribution in [0.4, 0.5) is 0 Å². The fraction of sp³-hybridized carbons (Fsp3) is 0.286. The van der Waals surface area contributed by atoms with E-state index in [2.05, 4.69) is 10.3 Å². The van der Waals surface area contributed by atoms with Crippen molar-refractivity contribution in [3.63, 3.8) is 0 Å². The highest BCUT2D eigenvalue weighted by molar-refractivity contribution is 6.13. The molecule has 4 heteroatoms. The molecule has 0 aliphatic carbocycles. The summed E-state index contributed by atoms with van der Waals surface area (Å²) in [7, 11) is 0. The predicted octanol–water partition coefficient (Wildman–Crippen LogP) is 2.48. The molecule has 2 aromatic rings. The number of carbonyl (C=O) groups excluding carboxylic acids is 1. The minimum atomic E-state index is -0.266. The first-order chi connectivity index (χ1) is 8.78. The zero-order valence-corrected chi connectivity index (χ0v) is 10.1. The molecule has 1 aliphatic rings. The molecule has 92 valence electrons. The van der Waals surface area contributed by atoms with Crippen LogP contribution in [0.3, 0.4) is 0 Å². The average Bonchev–Trinajstić information content (AvgIpc) is 2.94. The van der Waals surface area contributed by atoms with Crippen molar-refractivity contribution in [3.8, 4) is 0 Å². The Hall–Kier alpha value is -2.10. The number of hydrogen-bond donors (Lipinski definition) is 1. The summed E-state index contributed by atoms with van der Waals surface area (Å²) in [5.74, 6) is 1.14. The number of aliphatic imine (C=N–C) groups is 1. The van der Waals surface area contributed by atoms with E-state index in [1.807, 2.05) is 37.3 Å². The zero-order valence-electron chi connectivity index (χ0n) is 10.1. The molecule has 1 unspecified atom stereocenters. The first-order valence-corrected chi connectivity index (χ1v) is 6.15. The van der Waals surface area contributed by atoms with Crippen LogP contribution in [-0.4, -0.2) is 17.8 Å². The minimum absolute atomic E-state index is 0.0349. The van der Waals surface area contributed by atoms with Crippen LogP contribution in [0.5, 0.6) is 0 Å². The van der Waals surface area contributed by atoms with Crippen LogP contribution in [0.15, 0.2) is 39.7 Å². The van der Waals surface area contributed by atoms with E-state index >= 15 is 0 Å². The molecule has 1 N–H and O–H groups in total. The monoisotopic (exact) mass is 242 g/mol. The first kappa shape index (κ1) is 11.0. The summed E-state index contributed by atoms with van der Waals surface area (Å²) in [5.41, 5.74) is 0.809. The van der Waals surface area contributed by atoms with Crippen molar-refractivity contribution in [2.24, 2.45) is 4.99 Å². The molecule has 1 amide bonds. The van der Waals surface area contributed by atoms with Crippen molar-refractivity contribution >= 4 is 22.7 Å². The summed E-state index contributed by atoms with van der Waals surface area (Å²) in [4.78, 5) is 16.1. The number of hydrogen-bond acceptors (Lipinski definition) is 3. The van der Waals surface area contributed by atoms with Crippen molar-refractivity contribution in [1.82, 2.24) is 5.32 Å². The highest BCUT2D eigenvalue weighted by Gasteiger charge is 2.27. The van der Waals surface area contributed by atoms with Crippen molar-refractivity contribution < 1.29 is 9.21 Å². The van der Waals surface area contributed by atoms with Gasteiger partial charge in [0.25, 0.3) is 0 Å². The van der Waals surface area contributed by atoms with Gasteiger partial charge in [-0.15, -0.1) is 0 Å². The van der Waals surface area contributed by atoms with Crippen molar-refractivity contribution in [2.45, 2.75) is 25.8 Å². The van der Waals surface area contributed by atoms with Crippen LogP contribution >= 0.6 is 0 Å². The van der Waals surface area contributed by atoms with E-state index < -0.39 is 0 Å². The molecule has 0 saturated carbocycles. The van der Waals surface area contributed by atoms with Crippen LogP contribution in [0, 0.1) is 0 Å². The number of benzene rings is 1. The van der Waals surface area contributed by atoms with Gasteiger partial charge in [-0.25, -0.2) is 0 Å². The molecule has 0 radical (unpaired) electrons. The van der Waals surface area contributed by atoms with E-state index in [9.17, 15) is 4.79 Å². The molecule has 0 bridgehead atoms. The summed E-state index contributed by atoms with van der Waals surface area (Å²) < 4.78 is 5.68. The van der Waals surface area contributed by atoms with Gasteiger partial charge in [-0.3, -0.25) is 9.79 Å². The SMILES string of the molecule is CCCC1N=C(c2cc3ccccc3o2)NC1=O. The summed E-state index contributed by atoms with van der Waals surface area (Å²) in [6.07, 6.45) is 1.71. The maximum Gasteiger partial charge on any atom is 0.250 e. The quantitative estimate of drug-likeness (QED) is 0.898. The fourth-order valence-electron chi connectivity index (χ4n) is 2.14. The molecule has 0 spiro atoms. The van der Waals surface area contributed by atoms with Gasteiger partial charge in [0, 0.05) is 5.39 Å². The Labute approximate surface area is 105 Å². The van der Waals surface area contributed by atoms with Gasteiger partial charge in [0.2, 0.25) is 5.91 Å². The molecular weight excluding hydrogens is 228 g/mol. The van der Waals surface area contributed by atoms with Gasteiger partial charge in [0.1, 0.15) is 11.6 Å². The van der Waals surface area contributed by atoms with Crippen LogP contribution in [0.2, 0.25) is 0 Å². The molecule has 0 fully saturated rings. The number of rotatable bonds is 3. The Morgan fingerprint density at radius 3 is 3.00 bits per heavy atom. The Bertz CT molecular complexity index is 595. The van der Waals surface area contributed by atoms with E-state index in [0.717, 1.165) is 23.8 Å². The highest BCUT2D eigenvalue weighted by Crippen LogP contribution is 2.21. The molecule has 4 nitrogen and oxygen atoms in total. The van der Waals surface area contributed by atoms with Gasteiger partial charge in [0.15, 0.2) is 11.6 Å². The van der Waals surface area contributed by atoms with Crippen molar-refractivity contribution in [3.05, 3.63) is 36.1 Å². The number of fused-ring (bicyclic) bond motifs is 1. The number of carbonyl (C=O) groups is 1. The van der Waals surface area contributed by atoms with E-state index in [1.54, 1.807) is 0 Å².